The third-order valence-corrected chi connectivity index (χ3v) is 1.86. The average Bonchev–Trinajstić information content (AvgIpc) is 2.03. The summed E-state index contributed by atoms with van der Waals surface area (Å²) in [7, 11) is 0. The van der Waals surface area contributed by atoms with Gasteiger partial charge in [0.15, 0.2) is 0 Å². The molecule has 3 nitrogen and oxygen atoms in total. The van der Waals surface area contributed by atoms with E-state index < -0.39 is 5.79 Å². The molecule has 0 unspecified atom stereocenters. The zero-order chi connectivity index (χ0) is 10.1. The number of allylic oxidation sites excluding steroid dienone is 1. The van der Waals surface area contributed by atoms with Crippen LogP contribution < -0.4 is 17.2 Å². The third kappa shape index (κ3) is 2.39. The van der Waals surface area contributed by atoms with Gasteiger partial charge in [-0.15, -0.1) is 0 Å². The second-order valence-corrected chi connectivity index (χ2v) is 3.29. The van der Waals surface area contributed by atoms with Crippen LogP contribution in [0.25, 0.3) is 5.57 Å². The minimum atomic E-state index is -1.27. The van der Waals surface area contributed by atoms with Crippen LogP contribution in [0.1, 0.15) is 18.1 Å². The van der Waals surface area contributed by atoms with E-state index in [0.717, 1.165) is 11.1 Å². The van der Waals surface area contributed by atoms with E-state index in [9.17, 15) is 0 Å². The van der Waals surface area contributed by atoms with Gasteiger partial charge in [-0.1, -0.05) is 30.4 Å². The number of nitrogens with two attached hydrogens (primary N) is 3. The summed E-state index contributed by atoms with van der Waals surface area (Å²) in [6.45, 7) is 5.75. The lowest BCUT2D eigenvalue weighted by Crippen LogP contribution is -2.54. The van der Waals surface area contributed by atoms with E-state index in [-0.39, 0.29) is 0 Å². The van der Waals surface area contributed by atoms with Crippen LogP contribution in [0, 0.1) is 0 Å². The fraction of sp³-hybridized carbons (Fsp3) is 0.200. The number of benzene rings is 1. The maximum atomic E-state index is 5.55. The van der Waals surface area contributed by atoms with E-state index in [1.807, 2.05) is 25.1 Å². The van der Waals surface area contributed by atoms with Crippen LogP contribution in [0.15, 0.2) is 30.8 Å². The van der Waals surface area contributed by atoms with Gasteiger partial charge in [-0.3, -0.25) is 17.2 Å². The van der Waals surface area contributed by atoms with Crippen molar-refractivity contribution in [2.45, 2.75) is 12.7 Å². The molecule has 3 heteroatoms. The van der Waals surface area contributed by atoms with E-state index in [1.54, 1.807) is 6.07 Å². The van der Waals surface area contributed by atoms with Gasteiger partial charge in [0.05, 0.1) is 0 Å². The standard InChI is InChI=1S/C10H15N3/c1-7(2)8-4-3-5-9(6-8)10(11,12)13/h3-6H,1,11-13H2,2H3. The summed E-state index contributed by atoms with van der Waals surface area (Å²) in [4.78, 5) is 0. The first-order valence-corrected chi connectivity index (χ1v) is 4.04. The molecular formula is C10H15N3. The molecule has 70 valence electrons. The average molecular weight is 177 g/mol. The summed E-state index contributed by atoms with van der Waals surface area (Å²) in [6.07, 6.45) is 0. The first kappa shape index (κ1) is 9.92. The van der Waals surface area contributed by atoms with E-state index in [0.29, 0.717) is 5.56 Å². The summed E-state index contributed by atoms with van der Waals surface area (Å²) in [5.74, 6) is -1.27. The topological polar surface area (TPSA) is 78.1 Å². The van der Waals surface area contributed by atoms with Crippen molar-refractivity contribution in [2.24, 2.45) is 17.2 Å². The van der Waals surface area contributed by atoms with Crippen LogP contribution in [0.3, 0.4) is 0 Å². The van der Waals surface area contributed by atoms with E-state index in [1.165, 1.54) is 0 Å². The van der Waals surface area contributed by atoms with Gasteiger partial charge in [0.1, 0.15) is 5.79 Å². The molecule has 0 fully saturated rings. The predicted molar refractivity (Wildman–Crippen MR) is 55.4 cm³/mol. The molecule has 13 heavy (non-hydrogen) atoms. The van der Waals surface area contributed by atoms with Crippen molar-refractivity contribution in [1.82, 2.24) is 0 Å². The zero-order valence-electron chi connectivity index (χ0n) is 7.75. The van der Waals surface area contributed by atoms with Gasteiger partial charge in [-0.25, -0.2) is 0 Å². The Labute approximate surface area is 78.2 Å². The smallest absolute Gasteiger partial charge is 0.142 e. The molecule has 0 saturated heterocycles. The Balaban J connectivity index is 3.13. The van der Waals surface area contributed by atoms with Crippen molar-refractivity contribution in [3.05, 3.63) is 42.0 Å². The Kier molecular flexibility index (Phi) is 2.52. The minimum Gasteiger partial charge on any atom is -0.297 e. The van der Waals surface area contributed by atoms with Crippen LogP contribution in [0.5, 0.6) is 0 Å². The maximum absolute atomic E-state index is 5.55. The monoisotopic (exact) mass is 177 g/mol. The molecule has 6 N–H and O–H groups in total. The van der Waals surface area contributed by atoms with Gasteiger partial charge in [-0.2, -0.15) is 0 Å². The van der Waals surface area contributed by atoms with Crippen molar-refractivity contribution in [3.8, 4) is 0 Å². The maximum Gasteiger partial charge on any atom is 0.142 e. The SMILES string of the molecule is C=C(C)c1cccc(C(N)(N)N)c1. The number of hydrogen-bond donors (Lipinski definition) is 3. The molecule has 0 amide bonds. The molecule has 1 aromatic carbocycles. The molecule has 0 saturated carbocycles. The fourth-order valence-electron chi connectivity index (χ4n) is 1.05. The van der Waals surface area contributed by atoms with Crippen molar-refractivity contribution < 1.29 is 0 Å². The van der Waals surface area contributed by atoms with Gasteiger partial charge >= 0.3 is 0 Å². The lowest BCUT2D eigenvalue weighted by atomic mass is 10.0. The molecule has 0 heterocycles. The molecule has 1 rings (SSSR count). The van der Waals surface area contributed by atoms with Crippen molar-refractivity contribution in [3.63, 3.8) is 0 Å². The second-order valence-electron chi connectivity index (χ2n) is 3.29. The molecule has 0 atom stereocenters. The Morgan fingerprint density at radius 1 is 1.31 bits per heavy atom. The van der Waals surface area contributed by atoms with Gasteiger partial charge in [0.25, 0.3) is 0 Å². The fourth-order valence-corrected chi connectivity index (χ4v) is 1.05. The van der Waals surface area contributed by atoms with Gasteiger partial charge in [0.2, 0.25) is 0 Å². The lowest BCUT2D eigenvalue weighted by Gasteiger charge is -2.19. The summed E-state index contributed by atoms with van der Waals surface area (Å²) < 4.78 is 0. The quantitative estimate of drug-likeness (QED) is 0.582. The highest BCUT2D eigenvalue weighted by Crippen LogP contribution is 2.15. The molecule has 1 aromatic rings. The molecule has 0 spiro atoms. The normalized spacial score (nSPS) is 11.4. The Hall–Kier alpha value is -1.16. The van der Waals surface area contributed by atoms with Crippen molar-refractivity contribution in [2.75, 3.05) is 0 Å². The molecule has 0 aliphatic carbocycles. The van der Waals surface area contributed by atoms with Crippen LogP contribution >= 0.6 is 0 Å². The predicted octanol–water partition coefficient (Wildman–Crippen LogP) is 0.706. The van der Waals surface area contributed by atoms with E-state index in [2.05, 4.69) is 6.58 Å². The third-order valence-electron chi connectivity index (χ3n) is 1.86. The van der Waals surface area contributed by atoms with Crippen LogP contribution in [0.2, 0.25) is 0 Å². The second kappa shape index (κ2) is 3.30. The highest BCUT2D eigenvalue weighted by atomic mass is 15.1. The molecule has 0 aromatic heterocycles. The van der Waals surface area contributed by atoms with Crippen molar-refractivity contribution >= 4 is 5.57 Å². The minimum absolute atomic E-state index is 0.702. The first-order chi connectivity index (χ1) is 5.91. The van der Waals surface area contributed by atoms with Crippen molar-refractivity contribution in [1.29, 1.82) is 0 Å². The largest absolute Gasteiger partial charge is 0.297 e. The highest BCUT2D eigenvalue weighted by molar-refractivity contribution is 5.62. The van der Waals surface area contributed by atoms with Crippen LogP contribution in [0.4, 0.5) is 0 Å². The number of rotatable bonds is 2. The summed E-state index contributed by atoms with van der Waals surface area (Å²) in [5.41, 5.74) is 19.3. The zero-order valence-corrected chi connectivity index (χ0v) is 7.75. The summed E-state index contributed by atoms with van der Waals surface area (Å²) in [6, 6.07) is 7.45. The molecule has 0 aliphatic heterocycles. The Bertz CT molecular complexity index is 323. The molecular weight excluding hydrogens is 162 g/mol. The van der Waals surface area contributed by atoms with Gasteiger partial charge < -0.3 is 0 Å². The summed E-state index contributed by atoms with van der Waals surface area (Å²) >= 11 is 0. The summed E-state index contributed by atoms with van der Waals surface area (Å²) in [5, 5.41) is 0. The molecule has 0 radical (unpaired) electrons. The van der Waals surface area contributed by atoms with Crippen LogP contribution in [-0.2, 0) is 5.79 Å². The Morgan fingerprint density at radius 3 is 2.38 bits per heavy atom. The number of hydrogen-bond acceptors (Lipinski definition) is 3. The lowest BCUT2D eigenvalue weighted by molar-refractivity contribution is 0.488. The van der Waals surface area contributed by atoms with Gasteiger partial charge in [-0.05, 0) is 18.6 Å². The van der Waals surface area contributed by atoms with Crippen LogP contribution in [-0.4, -0.2) is 0 Å². The highest BCUT2D eigenvalue weighted by Gasteiger charge is 2.14. The van der Waals surface area contributed by atoms with E-state index >= 15 is 0 Å². The Morgan fingerprint density at radius 2 is 1.92 bits per heavy atom. The molecule has 0 aliphatic rings. The first-order valence-electron chi connectivity index (χ1n) is 4.04. The van der Waals surface area contributed by atoms with E-state index in [4.69, 9.17) is 17.2 Å². The molecule has 0 bridgehead atoms. The van der Waals surface area contributed by atoms with Gasteiger partial charge in [0, 0.05) is 5.56 Å².